The van der Waals surface area contributed by atoms with Crippen molar-refractivity contribution in [2.24, 2.45) is 5.84 Å². The number of hydrazine groups is 1. The van der Waals surface area contributed by atoms with Gasteiger partial charge in [0.2, 0.25) is 5.95 Å². The van der Waals surface area contributed by atoms with E-state index in [1.54, 1.807) is 6.07 Å². The van der Waals surface area contributed by atoms with Crippen molar-refractivity contribution < 1.29 is 8.78 Å². The summed E-state index contributed by atoms with van der Waals surface area (Å²) in [6, 6.07) is 5.11. The second-order valence-electron chi connectivity index (χ2n) is 3.27. The average Bonchev–Trinajstić information content (AvgIpc) is 2.33. The predicted molar refractivity (Wildman–Crippen MR) is 64.7 cm³/mol. The van der Waals surface area contributed by atoms with Crippen LogP contribution in [-0.2, 0) is 0 Å². The van der Waals surface area contributed by atoms with Gasteiger partial charge in [-0.3, -0.25) is 0 Å². The summed E-state index contributed by atoms with van der Waals surface area (Å²) in [5.41, 5.74) is 7.81. The summed E-state index contributed by atoms with van der Waals surface area (Å²) >= 11 is 1.12. The fourth-order valence-electron chi connectivity index (χ4n) is 1.23. The maximum Gasteiger partial charge on any atom is 0.223 e. The molecule has 0 bridgehead atoms. The van der Waals surface area contributed by atoms with Crippen LogP contribution in [0.25, 0.3) is 0 Å². The molecule has 0 fully saturated rings. The number of rotatable bonds is 3. The third-order valence-electron chi connectivity index (χ3n) is 1.98. The maximum atomic E-state index is 13.0. The van der Waals surface area contributed by atoms with E-state index in [9.17, 15) is 8.78 Å². The van der Waals surface area contributed by atoms with E-state index in [0.717, 1.165) is 23.9 Å². The van der Waals surface area contributed by atoms with Crippen molar-refractivity contribution in [3.05, 3.63) is 35.9 Å². The van der Waals surface area contributed by atoms with Crippen LogP contribution in [0, 0.1) is 11.6 Å². The first-order chi connectivity index (χ1) is 8.58. The van der Waals surface area contributed by atoms with Gasteiger partial charge in [0.1, 0.15) is 10.8 Å². The molecule has 0 aliphatic rings. The van der Waals surface area contributed by atoms with Crippen molar-refractivity contribution in [3.8, 4) is 0 Å². The third kappa shape index (κ3) is 2.84. The van der Waals surface area contributed by atoms with Crippen LogP contribution in [0.5, 0.6) is 0 Å². The van der Waals surface area contributed by atoms with Crippen molar-refractivity contribution in [2.45, 2.75) is 9.92 Å². The maximum absolute atomic E-state index is 13.0. The lowest BCUT2D eigenvalue weighted by molar-refractivity contribution is 0.506. The number of halogens is 2. The normalized spacial score (nSPS) is 10.4. The summed E-state index contributed by atoms with van der Waals surface area (Å²) in [5.74, 6) is 3.77. The number of nitrogens with two attached hydrogens (primary N) is 2. The predicted octanol–water partition coefficient (Wildman–Crippen LogP) is 1.77. The van der Waals surface area contributed by atoms with Crippen LogP contribution < -0.4 is 17.0 Å². The van der Waals surface area contributed by atoms with Crippen LogP contribution in [0.2, 0.25) is 0 Å². The van der Waals surface area contributed by atoms with E-state index in [-0.39, 0.29) is 5.95 Å². The molecule has 8 heteroatoms. The van der Waals surface area contributed by atoms with Crippen molar-refractivity contribution in [1.29, 1.82) is 0 Å². The largest absolute Gasteiger partial charge is 0.368 e. The average molecular weight is 269 g/mol. The van der Waals surface area contributed by atoms with Crippen LogP contribution in [0.15, 0.2) is 34.2 Å². The van der Waals surface area contributed by atoms with Gasteiger partial charge in [0, 0.05) is 11.0 Å². The molecular formula is C10H9F2N5S. The van der Waals surface area contributed by atoms with Gasteiger partial charge in [-0.05, 0) is 18.2 Å². The highest BCUT2D eigenvalue weighted by Crippen LogP contribution is 2.28. The molecule has 1 aromatic carbocycles. The van der Waals surface area contributed by atoms with E-state index < -0.39 is 11.6 Å². The van der Waals surface area contributed by atoms with E-state index in [1.165, 1.54) is 6.07 Å². The number of nitrogens with zero attached hydrogens (tertiary/aromatic N) is 2. The van der Waals surface area contributed by atoms with Crippen LogP contribution >= 0.6 is 11.8 Å². The van der Waals surface area contributed by atoms with Crippen LogP contribution in [-0.4, -0.2) is 9.97 Å². The number of hydrogen-bond donors (Lipinski definition) is 3. The van der Waals surface area contributed by atoms with Gasteiger partial charge in [-0.1, -0.05) is 11.8 Å². The number of hydrogen-bond acceptors (Lipinski definition) is 6. The summed E-state index contributed by atoms with van der Waals surface area (Å²) in [7, 11) is 0. The summed E-state index contributed by atoms with van der Waals surface area (Å²) < 4.78 is 25.8. The van der Waals surface area contributed by atoms with Gasteiger partial charge in [-0.2, -0.15) is 4.98 Å². The number of anilines is 2. The molecule has 0 saturated carbocycles. The molecule has 1 heterocycles. The Hall–Kier alpha value is -1.93. The molecule has 18 heavy (non-hydrogen) atoms. The molecule has 0 aliphatic heterocycles. The quantitative estimate of drug-likeness (QED) is 0.447. The smallest absolute Gasteiger partial charge is 0.223 e. The third-order valence-corrected chi connectivity index (χ3v) is 2.89. The Morgan fingerprint density at radius 3 is 2.56 bits per heavy atom. The second kappa shape index (κ2) is 5.15. The summed E-state index contributed by atoms with van der Waals surface area (Å²) in [4.78, 5) is 8.25. The van der Waals surface area contributed by atoms with Gasteiger partial charge < -0.3 is 11.2 Å². The molecule has 0 unspecified atom stereocenters. The second-order valence-corrected chi connectivity index (χ2v) is 4.37. The molecule has 1 aromatic heterocycles. The van der Waals surface area contributed by atoms with Gasteiger partial charge in [0.25, 0.3) is 0 Å². The SMILES string of the molecule is NNc1cc(Sc2ccc(F)c(F)c2)nc(N)n1. The van der Waals surface area contributed by atoms with E-state index in [0.29, 0.717) is 15.7 Å². The lowest BCUT2D eigenvalue weighted by Gasteiger charge is -2.05. The first-order valence-corrected chi connectivity index (χ1v) is 5.64. The Labute approximate surface area is 106 Å². The standard InChI is InChI=1S/C10H9F2N5S/c11-6-2-1-5(3-7(6)12)18-9-4-8(17-14)15-10(13)16-9/h1-4H,14H2,(H3,13,15,16,17). The zero-order valence-electron chi connectivity index (χ0n) is 9.02. The van der Waals surface area contributed by atoms with Gasteiger partial charge in [-0.25, -0.2) is 19.6 Å². The zero-order valence-corrected chi connectivity index (χ0v) is 9.84. The molecule has 2 rings (SSSR count). The molecule has 0 aliphatic carbocycles. The molecule has 5 nitrogen and oxygen atoms in total. The highest BCUT2D eigenvalue weighted by atomic mass is 32.2. The highest BCUT2D eigenvalue weighted by molar-refractivity contribution is 7.99. The number of nitrogens with one attached hydrogen (secondary N) is 1. The molecular weight excluding hydrogens is 260 g/mol. The minimum absolute atomic E-state index is 0.0375. The van der Waals surface area contributed by atoms with Gasteiger partial charge in [-0.15, -0.1) is 0 Å². The Balaban J connectivity index is 2.27. The first-order valence-electron chi connectivity index (χ1n) is 4.82. The minimum atomic E-state index is -0.917. The van der Waals surface area contributed by atoms with E-state index in [2.05, 4.69) is 15.4 Å². The van der Waals surface area contributed by atoms with Crippen molar-refractivity contribution >= 4 is 23.5 Å². The Morgan fingerprint density at radius 2 is 1.89 bits per heavy atom. The number of benzene rings is 1. The van der Waals surface area contributed by atoms with E-state index in [4.69, 9.17) is 11.6 Å². The molecule has 0 spiro atoms. The number of nitrogen functional groups attached to an aromatic ring is 2. The van der Waals surface area contributed by atoms with Crippen LogP contribution in [0.3, 0.4) is 0 Å². The van der Waals surface area contributed by atoms with Crippen LogP contribution in [0.4, 0.5) is 20.5 Å². The molecule has 0 saturated heterocycles. The molecule has 2 aromatic rings. The molecule has 0 atom stereocenters. The molecule has 0 radical (unpaired) electrons. The lowest BCUT2D eigenvalue weighted by Crippen LogP contribution is -2.10. The summed E-state index contributed by atoms with van der Waals surface area (Å²) in [6.45, 7) is 0. The highest BCUT2D eigenvalue weighted by Gasteiger charge is 2.07. The topological polar surface area (TPSA) is 89.8 Å². The van der Waals surface area contributed by atoms with Crippen molar-refractivity contribution in [2.75, 3.05) is 11.2 Å². The lowest BCUT2D eigenvalue weighted by atomic mass is 10.3. The Morgan fingerprint density at radius 1 is 1.11 bits per heavy atom. The van der Waals surface area contributed by atoms with Crippen LogP contribution in [0.1, 0.15) is 0 Å². The fraction of sp³-hybridized carbons (Fsp3) is 0. The minimum Gasteiger partial charge on any atom is -0.368 e. The van der Waals surface area contributed by atoms with E-state index in [1.807, 2.05) is 0 Å². The fourth-order valence-corrected chi connectivity index (χ4v) is 2.08. The number of aromatic nitrogens is 2. The van der Waals surface area contributed by atoms with Crippen molar-refractivity contribution in [3.63, 3.8) is 0 Å². The first kappa shape index (κ1) is 12.5. The molecule has 94 valence electrons. The monoisotopic (exact) mass is 269 g/mol. The van der Waals surface area contributed by atoms with Gasteiger partial charge in [0.05, 0.1) is 0 Å². The van der Waals surface area contributed by atoms with Crippen molar-refractivity contribution in [1.82, 2.24) is 9.97 Å². The Kier molecular flexibility index (Phi) is 3.58. The van der Waals surface area contributed by atoms with Gasteiger partial charge >= 0.3 is 0 Å². The van der Waals surface area contributed by atoms with E-state index >= 15 is 0 Å². The summed E-state index contributed by atoms with van der Waals surface area (Å²) in [5, 5.41) is 0.474. The molecule has 0 amide bonds. The summed E-state index contributed by atoms with van der Waals surface area (Å²) in [6.07, 6.45) is 0. The Bertz CT molecular complexity index is 578. The molecule has 5 N–H and O–H groups in total. The van der Waals surface area contributed by atoms with Gasteiger partial charge in [0.15, 0.2) is 11.6 Å². The zero-order chi connectivity index (χ0) is 13.1.